The minimum absolute atomic E-state index is 0.584. The summed E-state index contributed by atoms with van der Waals surface area (Å²) in [4.78, 5) is 4.50. The maximum Gasteiger partial charge on any atom is 0.199 e. The van der Waals surface area contributed by atoms with E-state index in [0.29, 0.717) is 4.77 Å². The third kappa shape index (κ3) is 1.64. The first kappa shape index (κ1) is 10.2. The number of hydrogen-bond donors (Lipinski definition) is 1. The van der Waals surface area contributed by atoms with Crippen LogP contribution in [-0.2, 0) is 0 Å². The Morgan fingerprint density at radius 2 is 2.12 bits per heavy atom. The first-order valence-corrected chi connectivity index (χ1v) is 5.65. The van der Waals surface area contributed by atoms with Crippen LogP contribution in [0, 0.1) is 11.7 Å². The van der Waals surface area contributed by atoms with Crippen molar-refractivity contribution >= 4 is 23.1 Å². The number of aryl methyl sites for hydroxylation is 1. The first-order chi connectivity index (χ1) is 8.25. The molecule has 0 aliphatic carbocycles. The lowest BCUT2D eigenvalue weighted by atomic mass is 10.1. The number of nitrogens with zero attached hydrogens (tertiary/aromatic N) is 3. The van der Waals surface area contributed by atoms with Crippen molar-refractivity contribution in [3.8, 4) is 5.69 Å². The van der Waals surface area contributed by atoms with Crippen LogP contribution < -0.4 is 0 Å². The molecule has 0 atom stereocenters. The number of pyridine rings is 1. The van der Waals surface area contributed by atoms with Crippen molar-refractivity contribution in [2.75, 3.05) is 0 Å². The van der Waals surface area contributed by atoms with E-state index in [1.54, 1.807) is 6.33 Å². The van der Waals surface area contributed by atoms with Gasteiger partial charge in [-0.1, -0.05) is 18.2 Å². The molecule has 84 valence electrons. The summed E-state index contributed by atoms with van der Waals surface area (Å²) in [7, 11) is 0. The van der Waals surface area contributed by atoms with E-state index in [4.69, 9.17) is 12.2 Å². The normalized spacial score (nSPS) is 10.9. The van der Waals surface area contributed by atoms with Crippen LogP contribution in [0.15, 0.2) is 36.7 Å². The molecule has 2 aromatic heterocycles. The highest BCUT2D eigenvalue weighted by molar-refractivity contribution is 7.71. The summed E-state index contributed by atoms with van der Waals surface area (Å²) in [5, 5.41) is 7.77. The number of fused-ring (bicyclic) bond motifs is 1. The Hall–Kier alpha value is -2.01. The molecule has 0 radical (unpaired) electrons. The highest BCUT2D eigenvalue weighted by atomic mass is 32.1. The predicted molar refractivity (Wildman–Crippen MR) is 68.8 cm³/mol. The first-order valence-electron chi connectivity index (χ1n) is 5.24. The number of benzene rings is 1. The Balaban J connectivity index is 2.44. The van der Waals surface area contributed by atoms with Crippen LogP contribution in [0.2, 0.25) is 0 Å². The summed E-state index contributed by atoms with van der Waals surface area (Å²) in [5.74, 6) is 0. The molecule has 4 nitrogen and oxygen atoms in total. The maximum atomic E-state index is 5.20. The zero-order valence-corrected chi connectivity index (χ0v) is 10.0. The van der Waals surface area contributed by atoms with Gasteiger partial charge in [0, 0.05) is 11.1 Å². The molecule has 0 aliphatic heterocycles. The van der Waals surface area contributed by atoms with E-state index in [1.165, 1.54) is 0 Å². The highest BCUT2D eigenvalue weighted by Crippen LogP contribution is 2.21. The third-order valence-electron chi connectivity index (χ3n) is 2.63. The number of rotatable bonds is 1. The molecule has 0 bridgehead atoms. The Bertz CT molecular complexity index is 741. The second-order valence-electron chi connectivity index (χ2n) is 3.83. The molecule has 17 heavy (non-hydrogen) atoms. The lowest BCUT2D eigenvalue weighted by Crippen LogP contribution is -1.96. The minimum Gasteiger partial charge on any atom is -0.274 e. The van der Waals surface area contributed by atoms with Gasteiger partial charge in [-0.3, -0.25) is 14.6 Å². The van der Waals surface area contributed by atoms with Crippen molar-refractivity contribution < 1.29 is 0 Å². The van der Waals surface area contributed by atoms with Gasteiger partial charge in [0.15, 0.2) is 4.77 Å². The zero-order chi connectivity index (χ0) is 11.8. The van der Waals surface area contributed by atoms with Gasteiger partial charge in [0.2, 0.25) is 0 Å². The third-order valence-corrected chi connectivity index (χ3v) is 2.92. The Kier molecular flexibility index (Phi) is 2.26. The van der Waals surface area contributed by atoms with Gasteiger partial charge in [-0.05, 0) is 31.3 Å². The lowest BCUT2D eigenvalue weighted by molar-refractivity contribution is 1.03. The molecule has 1 N–H and O–H groups in total. The van der Waals surface area contributed by atoms with Gasteiger partial charge in [0.25, 0.3) is 0 Å². The van der Waals surface area contributed by atoms with E-state index < -0.39 is 0 Å². The molecule has 2 heterocycles. The number of nitrogens with one attached hydrogen (secondary N) is 1. The molecule has 0 aliphatic rings. The molecule has 0 saturated carbocycles. The molecule has 5 heteroatoms. The molecule has 0 fully saturated rings. The summed E-state index contributed by atoms with van der Waals surface area (Å²) < 4.78 is 2.44. The number of aromatic amines is 1. The summed E-state index contributed by atoms with van der Waals surface area (Å²) in [6.45, 7) is 1.97. The van der Waals surface area contributed by atoms with Gasteiger partial charge in [0.1, 0.15) is 6.33 Å². The molecule has 0 spiro atoms. The van der Waals surface area contributed by atoms with Crippen LogP contribution in [0.5, 0.6) is 0 Å². The van der Waals surface area contributed by atoms with Gasteiger partial charge in [0.05, 0.1) is 11.2 Å². The van der Waals surface area contributed by atoms with E-state index in [2.05, 4.69) is 15.2 Å². The van der Waals surface area contributed by atoms with Crippen LogP contribution in [0.25, 0.3) is 16.6 Å². The number of para-hydroxylation sites is 1. The van der Waals surface area contributed by atoms with Crippen LogP contribution in [0.1, 0.15) is 5.69 Å². The highest BCUT2D eigenvalue weighted by Gasteiger charge is 2.06. The monoisotopic (exact) mass is 242 g/mol. The fraction of sp³-hybridized carbons (Fsp3) is 0.0833. The number of hydrogen-bond acceptors (Lipinski definition) is 3. The van der Waals surface area contributed by atoms with E-state index >= 15 is 0 Å². The van der Waals surface area contributed by atoms with Crippen molar-refractivity contribution in [1.82, 2.24) is 19.7 Å². The molecule has 3 rings (SSSR count). The Labute approximate surface area is 103 Å². The van der Waals surface area contributed by atoms with Crippen LogP contribution >= 0.6 is 12.2 Å². The van der Waals surface area contributed by atoms with E-state index in [1.807, 2.05) is 41.8 Å². The molecule has 0 amide bonds. The van der Waals surface area contributed by atoms with Crippen LogP contribution in [0.3, 0.4) is 0 Å². The molecule has 3 aromatic rings. The summed E-state index contributed by atoms with van der Waals surface area (Å²) >= 11 is 5.20. The largest absolute Gasteiger partial charge is 0.274 e. The smallest absolute Gasteiger partial charge is 0.199 e. The van der Waals surface area contributed by atoms with Crippen molar-refractivity contribution in [1.29, 1.82) is 0 Å². The number of H-pyrrole nitrogens is 1. The van der Waals surface area contributed by atoms with Gasteiger partial charge in [-0.25, -0.2) is 0 Å². The van der Waals surface area contributed by atoms with Crippen LogP contribution in [-0.4, -0.2) is 19.7 Å². The average Bonchev–Trinajstić information content (AvgIpc) is 2.74. The maximum absolute atomic E-state index is 5.20. The van der Waals surface area contributed by atoms with E-state index in [9.17, 15) is 0 Å². The van der Waals surface area contributed by atoms with Crippen molar-refractivity contribution in [3.05, 3.63) is 47.1 Å². The van der Waals surface area contributed by atoms with E-state index in [0.717, 1.165) is 22.3 Å². The lowest BCUT2D eigenvalue weighted by Gasteiger charge is -2.07. The Morgan fingerprint density at radius 3 is 2.88 bits per heavy atom. The average molecular weight is 242 g/mol. The molecular weight excluding hydrogens is 232 g/mol. The van der Waals surface area contributed by atoms with Gasteiger partial charge >= 0.3 is 0 Å². The second-order valence-corrected chi connectivity index (χ2v) is 4.22. The van der Waals surface area contributed by atoms with Gasteiger partial charge < -0.3 is 0 Å². The summed E-state index contributed by atoms with van der Waals surface area (Å²) in [6.07, 6.45) is 1.68. The van der Waals surface area contributed by atoms with Crippen molar-refractivity contribution in [2.24, 2.45) is 0 Å². The molecular formula is C12H10N4S. The number of aromatic nitrogens is 4. The second kappa shape index (κ2) is 3.78. The van der Waals surface area contributed by atoms with Gasteiger partial charge in [-0.15, -0.1) is 0 Å². The standard InChI is InChI=1S/C12H10N4S/c1-8-6-11(16-7-13-15-12(16)17)9-4-2-3-5-10(9)14-8/h2-7H,1H3,(H,15,17). The van der Waals surface area contributed by atoms with Crippen LogP contribution in [0.4, 0.5) is 0 Å². The van der Waals surface area contributed by atoms with Crippen molar-refractivity contribution in [2.45, 2.75) is 6.92 Å². The topological polar surface area (TPSA) is 46.5 Å². The van der Waals surface area contributed by atoms with E-state index in [-0.39, 0.29) is 0 Å². The zero-order valence-electron chi connectivity index (χ0n) is 9.21. The predicted octanol–water partition coefficient (Wildman–Crippen LogP) is 2.79. The molecule has 1 aromatic carbocycles. The quantitative estimate of drug-likeness (QED) is 0.667. The fourth-order valence-corrected chi connectivity index (χ4v) is 2.10. The van der Waals surface area contributed by atoms with Gasteiger partial charge in [-0.2, -0.15) is 5.10 Å². The molecule has 0 saturated heterocycles. The van der Waals surface area contributed by atoms with Crippen molar-refractivity contribution in [3.63, 3.8) is 0 Å². The Morgan fingerprint density at radius 1 is 1.29 bits per heavy atom. The molecule has 0 unspecified atom stereocenters. The fourth-order valence-electron chi connectivity index (χ4n) is 1.90. The summed E-state index contributed by atoms with van der Waals surface area (Å²) in [6, 6.07) is 10.0. The SMILES string of the molecule is Cc1cc(-n2cn[nH]c2=S)c2ccccc2n1. The summed E-state index contributed by atoms with van der Waals surface area (Å²) in [5.41, 5.74) is 2.93. The minimum atomic E-state index is 0.584.